The smallest absolute Gasteiger partial charge is 0.351 e. The van der Waals surface area contributed by atoms with E-state index in [0.717, 1.165) is 5.70 Å². The number of hydrogen-bond donors (Lipinski definition) is 1. The highest BCUT2D eigenvalue weighted by Crippen LogP contribution is 2.25. The van der Waals surface area contributed by atoms with Crippen molar-refractivity contribution >= 4 is 11.9 Å². The van der Waals surface area contributed by atoms with Gasteiger partial charge in [-0.25, -0.2) is 9.59 Å². The summed E-state index contributed by atoms with van der Waals surface area (Å²) in [5.74, 6) is -2.55. The predicted molar refractivity (Wildman–Crippen MR) is 59.3 cm³/mol. The lowest BCUT2D eigenvalue weighted by Gasteiger charge is -2.30. The van der Waals surface area contributed by atoms with Crippen molar-refractivity contribution in [3.05, 3.63) is 35.2 Å². The molecule has 0 aromatic rings. The highest BCUT2D eigenvalue weighted by molar-refractivity contribution is 6.16. The first kappa shape index (κ1) is 11.4. The van der Waals surface area contributed by atoms with Gasteiger partial charge in [0.2, 0.25) is 0 Å². The topological polar surface area (TPSA) is 64.6 Å². The predicted octanol–water partition coefficient (Wildman–Crippen LogP) is 1.14. The van der Waals surface area contributed by atoms with Gasteiger partial charge in [-0.2, -0.15) is 0 Å². The number of carbonyl (C=O) groups is 2. The van der Waals surface area contributed by atoms with Crippen molar-refractivity contribution in [2.45, 2.75) is 26.6 Å². The number of nitrogens with one attached hydrogen (secondary N) is 1. The van der Waals surface area contributed by atoms with Crippen LogP contribution in [0.15, 0.2) is 35.2 Å². The Bertz CT molecular complexity index is 461. The van der Waals surface area contributed by atoms with Gasteiger partial charge in [0.15, 0.2) is 5.57 Å². The molecule has 0 amide bonds. The number of dihydropyridines is 1. The van der Waals surface area contributed by atoms with Crippen LogP contribution in [-0.4, -0.2) is 17.7 Å². The number of ether oxygens (including phenoxy) is 2. The van der Waals surface area contributed by atoms with Gasteiger partial charge in [0, 0.05) is 19.5 Å². The van der Waals surface area contributed by atoms with Crippen LogP contribution in [0.5, 0.6) is 0 Å². The van der Waals surface area contributed by atoms with Gasteiger partial charge < -0.3 is 14.8 Å². The van der Waals surface area contributed by atoms with E-state index in [-0.39, 0.29) is 5.57 Å². The fourth-order valence-corrected chi connectivity index (χ4v) is 1.60. The summed E-state index contributed by atoms with van der Waals surface area (Å²) in [6.45, 7) is 4.85. The van der Waals surface area contributed by atoms with Crippen LogP contribution in [-0.2, 0) is 19.1 Å². The lowest BCUT2D eigenvalue weighted by molar-refractivity contribution is -0.222. The summed E-state index contributed by atoms with van der Waals surface area (Å²) in [5, 5.41) is 2.93. The van der Waals surface area contributed by atoms with Crippen LogP contribution >= 0.6 is 0 Å². The first-order valence-electron chi connectivity index (χ1n) is 5.22. The summed E-state index contributed by atoms with van der Waals surface area (Å²) in [7, 11) is 0. The molecule has 90 valence electrons. The van der Waals surface area contributed by atoms with Crippen LogP contribution in [0.2, 0.25) is 0 Å². The zero-order chi connectivity index (χ0) is 12.6. The second-order valence-corrected chi connectivity index (χ2v) is 4.30. The van der Waals surface area contributed by atoms with Crippen LogP contribution in [0.4, 0.5) is 0 Å². The normalized spacial score (nSPS) is 22.6. The van der Waals surface area contributed by atoms with Crippen molar-refractivity contribution in [2.24, 2.45) is 0 Å². The monoisotopic (exact) mass is 235 g/mol. The Labute approximate surface area is 98.8 Å². The number of carbonyl (C=O) groups excluding carboxylic acids is 2. The summed E-state index contributed by atoms with van der Waals surface area (Å²) in [4.78, 5) is 23.5. The van der Waals surface area contributed by atoms with Crippen LogP contribution < -0.4 is 5.32 Å². The van der Waals surface area contributed by atoms with E-state index in [1.54, 1.807) is 12.2 Å². The molecule has 0 saturated carbocycles. The summed E-state index contributed by atoms with van der Waals surface area (Å²) in [5.41, 5.74) is 1.13. The largest absolute Gasteiger partial charge is 0.419 e. The van der Waals surface area contributed by atoms with Gasteiger partial charge in [0.05, 0.1) is 5.70 Å². The van der Waals surface area contributed by atoms with Gasteiger partial charge in [-0.3, -0.25) is 0 Å². The van der Waals surface area contributed by atoms with Crippen molar-refractivity contribution in [1.82, 2.24) is 5.32 Å². The molecule has 5 heteroatoms. The number of esters is 2. The summed E-state index contributed by atoms with van der Waals surface area (Å²) >= 11 is 0. The van der Waals surface area contributed by atoms with Gasteiger partial charge in [-0.05, 0) is 19.1 Å². The third-order valence-corrected chi connectivity index (χ3v) is 2.30. The molecule has 2 aliphatic heterocycles. The molecule has 2 heterocycles. The molecule has 0 bridgehead atoms. The van der Waals surface area contributed by atoms with Crippen molar-refractivity contribution in [2.75, 3.05) is 0 Å². The van der Waals surface area contributed by atoms with Gasteiger partial charge in [0.1, 0.15) is 0 Å². The molecule has 17 heavy (non-hydrogen) atoms. The first-order valence-corrected chi connectivity index (χ1v) is 5.22. The average molecular weight is 235 g/mol. The van der Waals surface area contributed by atoms with E-state index in [1.165, 1.54) is 13.8 Å². The van der Waals surface area contributed by atoms with Crippen molar-refractivity contribution in [3.63, 3.8) is 0 Å². The molecule has 0 aromatic heterocycles. The Hall–Kier alpha value is -2.04. The number of cyclic esters (lactones) is 2. The van der Waals surface area contributed by atoms with Crippen LogP contribution in [0, 0.1) is 0 Å². The van der Waals surface area contributed by atoms with Crippen molar-refractivity contribution in [1.29, 1.82) is 0 Å². The molecule has 0 atom stereocenters. The fraction of sp³-hybridized carbons (Fsp3) is 0.333. The second-order valence-electron chi connectivity index (χ2n) is 4.30. The zero-order valence-electron chi connectivity index (χ0n) is 9.87. The average Bonchev–Trinajstić information content (AvgIpc) is 2.13. The minimum atomic E-state index is -1.21. The van der Waals surface area contributed by atoms with E-state index in [1.807, 2.05) is 13.0 Å². The molecule has 0 aliphatic carbocycles. The third-order valence-electron chi connectivity index (χ3n) is 2.30. The standard InChI is InChI=1S/C12H13NO4/c1-7-5-4-6-8(13-7)9-10(14)16-12(2,3)17-11(9)15/h4-6,13H,1-3H3. The van der Waals surface area contributed by atoms with Gasteiger partial charge in [-0.15, -0.1) is 0 Å². The maximum atomic E-state index is 11.8. The molecule has 0 aromatic carbocycles. The van der Waals surface area contributed by atoms with E-state index in [2.05, 4.69) is 5.32 Å². The van der Waals surface area contributed by atoms with Crippen LogP contribution in [0.3, 0.4) is 0 Å². The number of rotatable bonds is 0. The Kier molecular flexibility index (Phi) is 2.53. The maximum absolute atomic E-state index is 11.8. The van der Waals surface area contributed by atoms with Crippen molar-refractivity contribution in [3.8, 4) is 0 Å². The maximum Gasteiger partial charge on any atom is 0.351 e. The summed E-state index contributed by atoms with van der Waals surface area (Å²) < 4.78 is 10.0. The second kappa shape index (κ2) is 3.76. The highest BCUT2D eigenvalue weighted by atomic mass is 16.7. The lowest BCUT2D eigenvalue weighted by atomic mass is 10.1. The SMILES string of the molecule is CC1=CC=CC(=C2C(=O)OC(C)(C)OC2=O)N1. The molecule has 1 N–H and O–H groups in total. The highest BCUT2D eigenvalue weighted by Gasteiger charge is 2.40. The molecule has 0 unspecified atom stereocenters. The fourth-order valence-electron chi connectivity index (χ4n) is 1.60. The molecular weight excluding hydrogens is 222 g/mol. The van der Waals surface area contributed by atoms with E-state index >= 15 is 0 Å². The van der Waals surface area contributed by atoms with Crippen LogP contribution in [0.25, 0.3) is 0 Å². The quantitative estimate of drug-likeness (QED) is 0.387. The van der Waals surface area contributed by atoms with Gasteiger partial charge >= 0.3 is 11.9 Å². The van der Waals surface area contributed by atoms with Gasteiger partial charge in [0.25, 0.3) is 5.79 Å². The molecule has 1 saturated heterocycles. The number of hydrogen-bond acceptors (Lipinski definition) is 5. The molecule has 2 aliphatic rings. The van der Waals surface area contributed by atoms with Crippen LogP contribution in [0.1, 0.15) is 20.8 Å². The minimum absolute atomic E-state index is 0.104. The molecule has 1 fully saturated rings. The third kappa shape index (κ3) is 2.22. The molecule has 0 radical (unpaired) electrons. The Morgan fingerprint density at radius 2 is 1.76 bits per heavy atom. The molecular formula is C12H13NO4. The lowest BCUT2D eigenvalue weighted by Crippen LogP contribution is -2.43. The minimum Gasteiger partial charge on any atom is -0.419 e. The van der Waals surface area contributed by atoms with E-state index in [4.69, 9.17) is 9.47 Å². The van der Waals surface area contributed by atoms with E-state index in [0.29, 0.717) is 5.70 Å². The molecule has 2 rings (SSSR count). The summed E-state index contributed by atoms with van der Waals surface area (Å²) in [6.07, 6.45) is 5.20. The zero-order valence-corrected chi connectivity index (χ0v) is 9.87. The first-order chi connectivity index (χ1) is 7.89. The molecule has 5 nitrogen and oxygen atoms in total. The number of allylic oxidation sites excluding steroid dienone is 4. The van der Waals surface area contributed by atoms with E-state index in [9.17, 15) is 9.59 Å². The molecule has 0 spiro atoms. The summed E-state index contributed by atoms with van der Waals surface area (Å²) in [6, 6.07) is 0. The Morgan fingerprint density at radius 3 is 2.29 bits per heavy atom. The van der Waals surface area contributed by atoms with Crippen molar-refractivity contribution < 1.29 is 19.1 Å². The van der Waals surface area contributed by atoms with Gasteiger partial charge in [-0.1, -0.05) is 6.08 Å². The van der Waals surface area contributed by atoms with E-state index < -0.39 is 17.7 Å². The Morgan fingerprint density at radius 1 is 1.18 bits per heavy atom. The Balaban J connectivity index is 2.37.